The third-order valence-electron chi connectivity index (χ3n) is 5.00. The Hall–Kier alpha value is -0.120. The normalized spacial score (nSPS) is 25.3. The average Bonchev–Trinajstić information content (AvgIpc) is 2.62. The topological polar surface area (TPSA) is 38.5 Å². The molecule has 1 fully saturated rings. The molecule has 3 nitrogen and oxygen atoms in total. The van der Waals surface area contributed by atoms with Crippen LogP contribution in [0.5, 0.6) is 0 Å². The first-order valence-corrected chi connectivity index (χ1v) is 8.04. The lowest BCUT2D eigenvalue weighted by Gasteiger charge is -2.45. The molecule has 1 heterocycles. The third-order valence-corrected chi connectivity index (χ3v) is 5.00. The quantitative estimate of drug-likeness (QED) is 0.773. The lowest BCUT2D eigenvalue weighted by Crippen LogP contribution is -2.60. The Morgan fingerprint density at radius 1 is 1.32 bits per heavy atom. The van der Waals surface area contributed by atoms with Gasteiger partial charge in [-0.2, -0.15) is 0 Å². The van der Waals surface area contributed by atoms with Crippen molar-refractivity contribution in [1.29, 1.82) is 0 Å². The van der Waals surface area contributed by atoms with E-state index in [1.165, 1.54) is 45.2 Å². The zero-order valence-electron chi connectivity index (χ0n) is 13.5. The number of likely N-dealkylation sites (tertiary alicyclic amines) is 1. The van der Waals surface area contributed by atoms with Gasteiger partial charge >= 0.3 is 0 Å². The number of hydrogen-bond donors (Lipinski definition) is 1. The van der Waals surface area contributed by atoms with E-state index in [4.69, 9.17) is 10.5 Å². The van der Waals surface area contributed by atoms with Crippen LogP contribution < -0.4 is 5.73 Å². The first-order chi connectivity index (χ1) is 9.10. The Labute approximate surface area is 119 Å². The summed E-state index contributed by atoms with van der Waals surface area (Å²) in [6.07, 6.45) is 6.72. The van der Waals surface area contributed by atoms with Crippen molar-refractivity contribution in [2.24, 2.45) is 17.6 Å². The fourth-order valence-corrected chi connectivity index (χ4v) is 3.60. The monoisotopic (exact) mass is 270 g/mol. The second-order valence-electron chi connectivity index (χ2n) is 6.47. The SMILES string of the molecule is CCCC1CCCN(C(CN)(COC)C(C)C)CC1. The van der Waals surface area contributed by atoms with E-state index in [-0.39, 0.29) is 5.54 Å². The van der Waals surface area contributed by atoms with Gasteiger partial charge in [-0.25, -0.2) is 0 Å². The summed E-state index contributed by atoms with van der Waals surface area (Å²) in [7, 11) is 1.80. The number of hydrogen-bond acceptors (Lipinski definition) is 3. The molecule has 0 radical (unpaired) electrons. The molecule has 0 bridgehead atoms. The summed E-state index contributed by atoms with van der Waals surface area (Å²) >= 11 is 0. The van der Waals surface area contributed by atoms with Crippen LogP contribution >= 0.6 is 0 Å². The van der Waals surface area contributed by atoms with Gasteiger partial charge in [0, 0.05) is 13.7 Å². The number of nitrogens with zero attached hydrogens (tertiary/aromatic N) is 1. The highest BCUT2D eigenvalue weighted by molar-refractivity contribution is 4.95. The number of rotatable bonds is 7. The van der Waals surface area contributed by atoms with E-state index >= 15 is 0 Å². The molecule has 1 rings (SSSR count). The van der Waals surface area contributed by atoms with Gasteiger partial charge in [-0.3, -0.25) is 4.90 Å². The number of nitrogens with two attached hydrogens (primary N) is 1. The lowest BCUT2D eigenvalue weighted by atomic mass is 9.84. The fraction of sp³-hybridized carbons (Fsp3) is 1.00. The molecule has 2 unspecified atom stereocenters. The Bertz CT molecular complexity index is 245. The zero-order valence-corrected chi connectivity index (χ0v) is 13.5. The minimum Gasteiger partial charge on any atom is -0.383 e. The molecule has 1 saturated heterocycles. The van der Waals surface area contributed by atoms with Crippen LogP contribution in [-0.2, 0) is 4.74 Å². The molecule has 114 valence electrons. The molecule has 0 amide bonds. The van der Waals surface area contributed by atoms with Crippen LogP contribution in [0.4, 0.5) is 0 Å². The van der Waals surface area contributed by atoms with Crippen LogP contribution in [-0.4, -0.2) is 43.8 Å². The molecule has 0 saturated carbocycles. The van der Waals surface area contributed by atoms with Gasteiger partial charge < -0.3 is 10.5 Å². The predicted octanol–water partition coefficient (Wildman–Crippen LogP) is 2.89. The molecule has 2 atom stereocenters. The van der Waals surface area contributed by atoms with Crippen LogP contribution in [0.3, 0.4) is 0 Å². The van der Waals surface area contributed by atoms with Crippen molar-refractivity contribution in [3.63, 3.8) is 0 Å². The maximum absolute atomic E-state index is 6.15. The largest absolute Gasteiger partial charge is 0.383 e. The van der Waals surface area contributed by atoms with E-state index in [9.17, 15) is 0 Å². The fourth-order valence-electron chi connectivity index (χ4n) is 3.60. The molecule has 0 aromatic rings. The second kappa shape index (κ2) is 8.23. The van der Waals surface area contributed by atoms with E-state index in [0.717, 1.165) is 12.5 Å². The number of ether oxygens (including phenoxy) is 1. The van der Waals surface area contributed by atoms with Crippen molar-refractivity contribution >= 4 is 0 Å². The summed E-state index contributed by atoms with van der Waals surface area (Å²) in [5, 5.41) is 0. The van der Waals surface area contributed by atoms with Crippen molar-refractivity contribution in [3.05, 3.63) is 0 Å². The number of methoxy groups -OCH3 is 1. The highest BCUT2D eigenvalue weighted by atomic mass is 16.5. The van der Waals surface area contributed by atoms with Gasteiger partial charge in [0.25, 0.3) is 0 Å². The van der Waals surface area contributed by atoms with Gasteiger partial charge in [0.1, 0.15) is 0 Å². The van der Waals surface area contributed by atoms with E-state index < -0.39 is 0 Å². The van der Waals surface area contributed by atoms with Gasteiger partial charge in [0.15, 0.2) is 0 Å². The molecule has 1 aliphatic rings. The van der Waals surface area contributed by atoms with Crippen LogP contribution in [0.2, 0.25) is 0 Å². The van der Waals surface area contributed by atoms with E-state index in [1.807, 2.05) is 0 Å². The van der Waals surface area contributed by atoms with Crippen LogP contribution in [0.25, 0.3) is 0 Å². The van der Waals surface area contributed by atoms with Gasteiger partial charge in [-0.15, -0.1) is 0 Å². The molecular formula is C16H34N2O. The summed E-state index contributed by atoms with van der Waals surface area (Å²) in [5.74, 6) is 1.44. The third kappa shape index (κ3) is 4.17. The summed E-state index contributed by atoms with van der Waals surface area (Å²) in [6.45, 7) is 10.7. The first-order valence-electron chi connectivity index (χ1n) is 8.04. The predicted molar refractivity (Wildman–Crippen MR) is 82.3 cm³/mol. The van der Waals surface area contributed by atoms with E-state index in [2.05, 4.69) is 25.7 Å². The molecule has 0 aliphatic carbocycles. The highest BCUT2D eigenvalue weighted by Gasteiger charge is 2.39. The Morgan fingerprint density at radius 3 is 2.58 bits per heavy atom. The molecule has 0 aromatic carbocycles. The summed E-state index contributed by atoms with van der Waals surface area (Å²) in [4.78, 5) is 2.62. The van der Waals surface area contributed by atoms with Gasteiger partial charge in [-0.05, 0) is 44.2 Å². The van der Waals surface area contributed by atoms with E-state index in [0.29, 0.717) is 12.5 Å². The van der Waals surface area contributed by atoms with Crippen molar-refractivity contribution in [1.82, 2.24) is 4.90 Å². The summed E-state index contributed by atoms with van der Waals surface area (Å²) in [6, 6.07) is 0. The first kappa shape index (κ1) is 16.9. The summed E-state index contributed by atoms with van der Waals surface area (Å²) in [5.41, 5.74) is 6.17. The van der Waals surface area contributed by atoms with Crippen molar-refractivity contribution in [3.8, 4) is 0 Å². The van der Waals surface area contributed by atoms with Gasteiger partial charge in [-0.1, -0.05) is 33.6 Å². The Morgan fingerprint density at radius 2 is 2.05 bits per heavy atom. The zero-order chi connectivity index (χ0) is 14.3. The van der Waals surface area contributed by atoms with Gasteiger partial charge in [0.05, 0.1) is 12.1 Å². The molecule has 1 aliphatic heterocycles. The molecule has 19 heavy (non-hydrogen) atoms. The second-order valence-corrected chi connectivity index (χ2v) is 6.47. The summed E-state index contributed by atoms with van der Waals surface area (Å²) < 4.78 is 5.51. The minimum absolute atomic E-state index is 0.0237. The smallest absolute Gasteiger partial charge is 0.0661 e. The van der Waals surface area contributed by atoms with Crippen molar-refractivity contribution in [2.75, 3.05) is 33.4 Å². The van der Waals surface area contributed by atoms with Crippen molar-refractivity contribution in [2.45, 2.75) is 58.4 Å². The maximum Gasteiger partial charge on any atom is 0.0661 e. The van der Waals surface area contributed by atoms with Crippen LogP contribution in [0, 0.1) is 11.8 Å². The molecular weight excluding hydrogens is 236 g/mol. The minimum atomic E-state index is 0.0237. The lowest BCUT2D eigenvalue weighted by molar-refractivity contribution is -0.0150. The average molecular weight is 270 g/mol. The van der Waals surface area contributed by atoms with Crippen LogP contribution in [0.1, 0.15) is 52.9 Å². The molecule has 0 aromatic heterocycles. The molecule has 3 heteroatoms. The van der Waals surface area contributed by atoms with Gasteiger partial charge in [0.2, 0.25) is 0 Å². The highest BCUT2D eigenvalue weighted by Crippen LogP contribution is 2.30. The maximum atomic E-state index is 6.15. The molecule has 0 spiro atoms. The Kier molecular flexibility index (Phi) is 7.33. The van der Waals surface area contributed by atoms with Crippen LogP contribution in [0.15, 0.2) is 0 Å². The standard InChI is InChI=1S/C16H34N2O/c1-5-7-15-8-6-10-18(11-9-15)16(12-17,13-19-4)14(2)3/h14-15H,5-13,17H2,1-4H3. The van der Waals surface area contributed by atoms with E-state index in [1.54, 1.807) is 7.11 Å². The van der Waals surface area contributed by atoms with Crippen molar-refractivity contribution < 1.29 is 4.74 Å². The molecule has 2 N–H and O–H groups in total. The Balaban J connectivity index is 2.74.